The van der Waals surface area contributed by atoms with Crippen LogP contribution in [-0.2, 0) is 4.74 Å². The zero-order valence-electron chi connectivity index (χ0n) is 16.7. The van der Waals surface area contributed by atoms with E-state index in [-0.39, 0.29) is 17.2 Å². The Kier molecular flexibility index (Phi) is 6.42. The number of nitrogens with one attached hydrogen (secondary N) is 1. The Hall–Kier alpha value is -3.33. The highest BCUT2D eigenvalue weighted by Crippen LogP contribution is 2.28. The van der Waals surface area contributed by atoms with Crippen LogP contribution >= 0.6 is 0 Å². The van der Waals surface area contributed by atoms with E-state index < -0.39 is 17.6 Å². The average molecular weight is 380 g/mol. The number of hydrogen-bond acceptors (Lipinski definition) is 5. The molecular formula is C22H24N2O4. The quantitative estimate of drug-likeness (QED) is 0.608. The molecule has 0 aliphatic heterocycles. The summed E-state index contributed by atoms with van der Waals surface area (Å²) in [6.07, 6.45) is 6.25. The van der Waals surface area contributed by atoms with E-state index in [1.807, 2.05) is 24.3 Å². The van der Waals surface area contributed by atoms with E-state index in [0.29, 0.717) is 11.3 Å². The summed E-state index contributed by atoms with van der Waals surface area (Å²) in [5.74, 6) is 2.05. The fourth-order valence-corrected chi connectivity index (χ4v) is 2.41. The highest BCUT2D eigenvalue weighted by Gasteiger charge is 2.23. The molecule has 1 aromatic heterocycles. The van der Waals surface area contributed by atoms with Gasteiger partial charge < -0.3 is 9.47 Å². The Morgan fingerprint density at radius 3 is 2.54 bits per heavy atom. The van der Waals surface area contributed by atoms with Crippen LogP contribution in [0.25, 0.3) is 11.1 Å². The van der Waals surface area contributed by atoms with Gasteiger partial charge in [0.25, 0.3) is 0 Å². The van der Waals surface area contributed by atoms with Gasteiger partial charge >= 0.3 is 6.09 Å². The lowest BCUT2D eigenvalue weighted by Crippen LogP contribution is -2.28. The minimum Gasteiger partial charge on any atom is -0.497 e. The molecule has 1 atom stereocenters. The molecule has 1 N–H and O–H groups in total. The Morgan fingerprint density at radius 1 is 1.21 bits per heavy atom. The van der Waals surface area contributed by atoms with Crippen LogP contribution in [0, 0.1) is 18.3 Å². The van der Waals surface area contributed by atoms with Gasteiger partial charge in [-0.2, -0.15) is 0 Å². The fourth-order valence-electron chi connectivity index (χ4n) is 2.41. The Bertz CT molecular complexity index is 923. The molecule has 1 amide bonds. The van der Waals surface area contributed by atoms with E-state index in [1.54, 1.807) is 47.1 Å². The zero-order valence-corrected chi connectivity index (χ0v) is 16.7. The molecular weight excluding hydrogens is 356 g/mol. The second kappa shape index (κ2) is 8.57. The Morgan fingerprint density at radius 2 is 1.93 bits per heavy atom. The number of ether oxygens (including phenoxy) is 2. The third-order valence-corrected chi connectivity index (χ3v) is 3.80. The normalized spacial score (nSPS) is 11.9. The number of aromatic nitrogens is 1. The number of terminal acetylenes is 1. The lowest BCUT2D eigenvalue weighted by Gasteiger charge is -2.20. The van der Waals surface area contributed by atoms with Crippen molar-refractivity contribution in [3.05, 3.63) is 42.2 Å². The number of Topliss-reactive ketones (excluding diaryl/α,β-unsaturated/α-hetero) is 1. The summed E-state index contributed by atoms with van der Waals surface area (Å²) in [7, 11) is 1.58. The molecule has 28 heavy (non-hydrogen) atoms. The lowest BCUT2D eigenvalue weighted by molar-refractivity contribution is 0.0636. The topological polar surface area (TPSA) is 77.5 Å². The van der Waals surface area contributed by atoms with Crippen molar-refractivity contribution in [3.8, 4) is 29.2 Å². The smallest absolute Gasteiger partial charge is 0.412 e. The fraction of sp³-hybridized carbons (Fsp3) is 0.318. The van der Waals surface area contributed by atoms with Gasteiger partial charge in [-0.3, -0.25) is 15.1 Å². The number of rotatable bonds is 5. The summed E-state index contributed by atoms with van der Waals surface area (Å²) in [5, 5.41) is 2.62. The monoisotopic (exact) mass is 380 g/mol. The number of hydrogen-bond donors (Lipinski definition) is 1. The van der Waals surface area contributed by atoms with Gasteiger partial charge in [-0.25, -0.2) is 4.79 Å². The second-order valence-electron chi connectivity index (χ2n) is 7.23. The number of anilines is 1. The molecule has 0 bridgehead atoms. The van der Waals surface area contributed by atoms with E-state index in [0.717, 1.165) is 5.56 Å². The molecule has 0 saturated heterocycles. The van der Waals surface area contributed by atoms with Crippen molar-refractivity contribution < 1.29 is 19.1 Å². The summed E-state index contributed by atoms with van der Waals surface area (Å²) in [5.41, 5.74) is 1.17. The number of amides is 1. The average Bonchev–Trinajstić information content (AvgIpc) is 2.65. The molecule has 2 rings (SSSR count). The number of nitrogens with zero attached hydrogens (tertiary/aromatic N) is 1. The van der Waals surface area contributed by atoms with Crippen molar-refractivity contribution >= 4 is 17.6 Å². The number of benzene rings is 1. The Balaban J connectivity index is 2.48. The summed E-state index contributed by atoms with van der Waals surface area (Å²) >= 11 is 0. The van der Waals surface area contributed by atoms with Crippen LogP contribution in [0.3, 0.4) is 0 Å². The van der Waals surface area contributed by atoms with Crippen LogP contribution in [0.15, 0.2) is 36.5 Å². The first-order valence-electron chi connectivity index (χ1n) is 8.79. The van der Waals surface area contributed by atoms with Gasteiger partial charge in [0.05, 0.1) is 18.7 Å². The van der Waals surface area contributed by atoms with Gasteiger partial charge in [0, 0.05) is 11.8 Å². The Labute approximate surface area is 165 Å². The predicted octanol–water partition coefficient (Wildman–Crippen LogP) is 4.56. The molecule has 0 spiro atoms. The lowest BCUT2D eigenvalue weighted by atomic mass is 10.0. The first-order valence-corrected chi connectivity index (χ1v) is 8.79. The van der Waals surface area contributed by atoms with Crippen LogP contribution in [0.2, 0.25) is 0 Å². The largest absolute Gasteiger partial charge is 0.497 e. The molecule has 1 unspecified atom stereocenters. The first kappa shape index (κ1) is 21.0. The van der Waals surface area contributed by atoms with Crippen molar-refractivity contribution in [1.82, 2.24) is 4.98 Å². The molecule has 1 aromatic carbocycles. The third-order valence-electron chi connectivity index (χ3n) is 3.80. The number of carbonyl (C=O) groups excluding carboxylic acids is 2. The maximum atomic E-state index is 12.6. The molecule has 0 saturated carbocycles. The van der Waals surface area contributed by atoms with Crippen LogP contribution in [0.1, 0.15) is 38.2 Å². The summed E-state index contributed by atoms with van der Waals surface area (Å²) in [4.78, 5) is 29.1. The third kappa shape index (κ3) is 5.34. The SMILES string of the molecule is C#CC(C)C(=O)c1ncc(-c2cccc(OC)c2)cc1NC(=O)OC(C)(C)C. The summed E-state index contributed by atoms with van der Waals surface area (Å²) in [6.45, 7) is 6.87. The van der Waals surface area contributed by atoms with Gasteiger partial charge in [0.15, 0.2) is 5.78 Å². The molecule has 2 aromatic rings. The van der Waals surface area contributed by atoms with E-state index in [4.69, 9.17) is 15.9 Å². The summed E-state index contributed by atoms with van der Waals surface area (Å²) in [6, 6.07) is 9.04. The maximum absolute atomic E-state index is 12.6. The van der Waals surface area contributed by atoms with Gasteiger partial charge in [0.2, 0.25) is 0 Å². The standard InChI is InChI=1S/C22H24N2O4/c1-7-14(2)20(25)19-18(24-21(26)28-22(3,4)5)12-16(13-23-19)15-9-8-10-17(11-15)27-6/h1,8-14H,2-6H3,(H,24,26). The number of methoxy groups -OCH3 is 1. The highest BCUT2D eigenvalue weighted by atomic mass is 16.6. The van der Waals surface area contributed by atoms with E-state index in [9.17, 15) is 9.59 Å². The molecule has 0 radical (unpaired) electrons. The first-order chi connectivity index (χ1) is 13.1. The van der Waals surface area contributed by atoms with Crippen LogP contribution in [0.4, 0.5) is 10.5 Å². The van der Waals surface area contributed by atoms with E-state index in [2.05, 4.69) is 16.2 Å². The number of pyridine rings is 1. The van der Waals surface area contributed by atoms with Crippen molar-refractivity contribution in [2.45, 2.75) is 33.3 Å². The predicted molar refractivity (Wildman–Crippen MR) is 108 cm³/mol. The van der Waals surface area contributed by atoms with Crippen molar-refractivity contribution in [2.24, 2.45) is 5.92 Å². The minimum absolute atomic E-state index is 0.0861. The molecule has 6 heteroatoms. The molecule has 0 fully saturated rings. The molecule has 6 nitrogen and oxygen atoms in total. The van der Waals surface area contributed by atoms with Crippen molar-refractivity contribution in [1.29, 1.82) is 0 Å². The zero-order chi connectivity index (χ0) is 20.9. The molecule has 0 aliphatic carbocycles. The maximum Gasteiger partial charge on any atom is 0.412 e. The second-order valence-corrected chi connectivity index (χ2v) is 7.23. The van der Waals surface area contributed by atoms with Crippen molar-refractivity contribution in [2.75, 3.05) is 12.4 Å². The van der Waals surface area contributed by atoms with Crippen LogP contribution in [0.5, 0.6) is 5.75 Å². The van der Waals surface area contributed by atoms with E-state index in [1.165, 1.54) is 0 Å². The van der Waals surface area contributed by atoms with E-state index >= 15 is 0 Å². The van der Waals surface area contributed by atoms with Crippen LogP contribution < -0.4 is 10.1 Å². The number of ketones is 1. The van der Waals surface area contributed by atoms with Crippen molar-refractivity contribution in [3.63, 3.8) is 0 Å². The molecule has 0 aliphatic rings. The van der Waals surface area contributed by atoms with Gasteiger partial charge in [-0.05, 0) is 51.5 Å². The van der Waals surface area contributed by atoms with Gasteiger partial charge in [-0.15, -0.1) is 6.42 Å². The molecule has 146 valence electrons. The van der Waals surface area contributed by atoms with Gasteiger partial charge in [-0.1, -0.05) is 18.1 Å². The van der Waals surface area contributed by atoms with Gasteiger partial charge in [0.1, 0.15) is 17.0 Å². The summed E-state index contributed by atoms with van der Waals surface area (Å²) < 4.78 is 10.5. The molecule has 1 heterocycles. The van der Waals surface area contributed by atoms with Crippen LogP contribution in [-0.4, -0.2) is 29.6 Å². The minimum atomic E-state index is -0.682. The number of carbonyl (C=O) groups is 2. The highest BCUT2D eigenvalue weighted by molar-refractivity contribution is 6.05.